The average molecular weight is 300 g/mol. The highest BCUT2D eigenvalue weighted by atomic mass is 127. The SMILES string of the molecule is COCCNCC1CN(I)CCO1. The molecule has 0 spiro atoms. The van der Waals surface area contributed by atoms with Crippen molar-refractivity contribution in [3.05, 3.63) is 0 Å². The number of halogens is 1. The number of nitrogens with zero attached hydrogens (tertiary/aromatic N) is 1. The van der Waals surface area contributed by atoms with Gasteiger partial charge in [-0.1, -0.05) is 0 Å². The summed E-state index contributed by atoms with van der Waals surface area (Å²) in [6, 6.07) is 0. The van der Waals surface area contributed by atoms with E-state index in [0.29, 0.717) is 6.10 Å². The maximum absolute atomic E-state index is 5.58. The van der Waals surface area contributed by atoms with Crippen molar-refractivity contribution in [2.45, 2.75) is 6.10 Å². The second-order valence-electron chi connectivity index (χ2n) is 3.06. The van der Waals surface area contributed by atoms with Gasteiger partial charge in [-0.15, -0.1) is 0 Å². The average Bonchev–Trinajstić information content (AvgIpc) is 2.13. The van der Waals surface area contributed by atoms with Crippen LogP contribution in [-0.4, -0.2) is 55.7 Å². The van der Waals surface area contributed by atoms with Crippen LogP contribution in [-0.2, 0) is 9.47 Å². The summed E-state index contributed by atoms with van der Waals surface area (Å²) in [4.78, 5) is 0. The summed E-state index contributed by atoms with van der Waals surface area (Å²) >= 11 is 2.34. The van der Waals surface area contributed by atoms with Crippen molar-refractivity contribution in [2.75, 3.05) is 46.5 Å². The molecule has 5 heteroatoms. The van der Waals surface area contributed by atoms with Crippen LogP contribution in [0.5, 0.6) is 0 Å². The van der Waals surface area contributed by atoms with E-state index in [9.17, 15) is 0 Å². The molecule has 0 aromatic rings. The molecule has 13 heavy (non-hydrogen) atoms. The van der Waals surface area contributed by atoms with E-state index in [-0.39, 0.29) is 0 Å². The van der Waals surface area contributed by atoms with Gasteiger partial charge in [0.1, 0.15) is 0 Å². The van der Waals surface area contributed by atoms with Crippen LogP contribution in [0.2, 0.25) is 0 Å². The van der Waals surface area contributed by atoms with E-state index < -0.39 is 0 Å². The van der Waals surface area contributed by atoms with Crippen LogP contribution in [0.4, 0.5) is 0 Å². The zero-order chi connectivity index (χ0) is 9.52. The van der Waals surface area contributed by atoms with E-state index in [0.717, 1.165) is 39.4 Å². The molecule has 1 fully saturated rings. The molecule has 1 aliphatic heterocycles. The lowest BCUT2D eigenvalue weighted by molar-refractivity contribution is 0.00734. The molecule has 0 radical (unpaired) electrons. The van der Waals surface area contributed by atoms with Gasteiger partial charge in [0.2, 0.25) is 0 Å². The molecule has 0 aliphatic carbocycles. The molecule has 0 bridgehead atoms. The van der Waals surface area contributed by atoms with E-state index in [1.165, 1.54) is 0 Å². The van der Waals surface area contributed by atoms with Crippen molar-refractivity contribution in [1.29, 1.82) is 0 Å². The first-order valence-electron chi connectivity index (χ1n) is 4.55. The molecular formula is C8H17IN2O2. The monoisotopic (exact) mass is 300 g/mol. The highest BCUT2D eigenvalue weighted by Gasteiger charge is 2.17. The quantitative estimate of drug-likeness (QED) is 0.449. The number of ether oxygens (including phenoxy) is 2. The number of hydrogen-bond donors (Lipinski definition) is 1. The lowest BCUT2D eigenvalue weighted by Crippen LogP contribution is -2.43. The first-order chi connectivity index (χ1) is 6.33. The zero-order valence-corrected chi connectivity index (χ0v) is 10.1. The molecule has 0 aromatic carbocycles. The van der Waals surface area contributed by atoms with Gasteiger partial charge in [-0.3, -0.25) is 0 Å². The van der Waals surface area contributed by atoms with Gasteiger partial charge in [0.15, 0.2) is 0 Å². The van der Waals surface area contributed by atoms with Crippen molar-refractivity contribution in [2.24, 2.45) is 0 Å². The lowest BCUT2D eigenvalue weighted by atomic mass is 10.3. The summed E-state index contributed by atoms with van der Waals surface area (Å²) in [5.74, 6) is 0. The number of nitrogens with one attached hydrogen (secondary N) is 1. The molecule has 1 atom stereocenters. The molecule has 4 nitrogen and oxygen atoms in total. The van der Waals surface area contributed by atoms with E-state index in [1.807, 2.05) is 0 Å². The van der Waals surface area contributed by atoms with Crippen LogP contribution in [0, 0.1) is 0 Å². The van der Waals surface area contributed by atoms with Gasteiger partial charge in [-0.05, 0) is 0 Å². The number of rotatable bonds is 5. The number of hydrogen-bond acceptors (Lipinski definition) is 4. The largest absolute Gasteiger partial charge is 0.383 e. The maximum atomic E-state index is 5.58. The van der Waals surface area contributed by atoms with Crippen LogP contribution in [0.1, 0.15) is 0 Å². The van der Waals surface area contributed by atoms with Gasteiger partial charge in [0.25, 0.3) is 0 Å². The Balaban J connectivity index is 2.00. The van der Waals surface area contributed by atoms with Crippen LogP contribution < -0.4 is 5.32 Å². The summed E-state index contributed by atoms with van der Waals surface area (Å²) in [5.41, 5.74) is 0. The van der Waals surface area contributed by atoms with Crippen molar-refractivity contribution >= 4 is 22.9 Å². The molecule has 1 saturated heterocycles. The van der Waals surface area contributed by atoms with Gasteiger partial charge in [0, 0.05) is 56.2 Å². The Kier molecular flexibility index (Phi) is 6.22. The molecule has 78 valence electrons. The maximum Gasteiger partial charge on any atom is 0.0834 e. The Morgan fingerprint density at radius 3 is 3.23 bits per heavy atom. The Morgan fingerprint density at radius 2 is 2.54 bits per heavy atom. The fourth-order valence-corrected chi connectivity index (χ4v) is 1.88. The summed E-state index contributed by atoms with van der Waals surface area (Å²) in [6.07, 6.45) is 0.336. The molecule has 1 aliphatic rings. The molecule has 0 amide bonds. The Labute approximate surface area is 93.4 Å². The highest BCUT2D eigenvalue weighted by Crippen LogP contribution is 2.08. The topological polar surface area (TPSA) is 33.7 Å². The molecular weight excluding hydrogens is 283 g/mol. The minimum Gasteiger partial charge on any atom is -0.383 e. The van der Waals surface area contributed by atoms with Crippen LogP contribution in [0.15, 0.2) is 0 Å². The van der Waals surface area contributed by atoms with Gasteiger partial charge >= 0.3 is 0 Å². The summed E-state index contributed by atoms with van der Waals surface area (Å²) in [6.45, 7) is 5.48. The van der Waals surface area contributed by atoms with E-state index in [4.69, 9.17) is 9.47 Å². The predicted molar refractivity (Wildman–Crippen MR) is 60.1 cm³/mol. The summed E-state index contributed by atoms with van der Waals surface area (Å²) in [7, 11) is 1.71. The molecule has 0 saturated carbocycles. The van der Waals surface area contributed by atoms with E-state index in [1.54, 1.807) is 7.11 Å². The van der Waals surface area contributed by atoms with Crippen molar-refractivity contribution < 1.29 is 9.47 Å². The van der Waals surface area contributed by atoms with Crippen molar-refractivity contribution in [1.82, 2.24) is 8.43 Å². The van der Waals surface area contributed by atoms with Gasteiger partial charge in [0.05, 0.1) is 19.3 Å². The third-order valence-electron chi connectivity index (χ3n) is 1.94. The molecule has 1 heterocycles. The lowest BCUT2D eigenvalue weighted by Gasteiger charge is -2.28. The van der Waals surface area contributed by atoms with Gasteiger partial charge in [-0.25, -0.2) is 3.11 Å². The van der Waals surface area contributed by atoms with Gasteiger partial charge < -0.3 is 14.8 Å². The second-order valence-corrected chi connectivity index (χ2v) is 4.42. The Bertz CT molecular complexity index is 137. The number of morpholine rings is 1. The molecule has 0 aromatic heterocycles. The van der Waals surface area contributed by atoms with E-state index >= 15 is 0 Å². The van der Waals surface area contributed by atoms with Crippen LogP contribution >= 0.6 is 22.9 Å². The van der Waals surface area contributed by atoms with Crippen molar-refractivity contribution in [3.8, 4) is 0 Å². The Morgan fingerprint density at radius 1 is 1.69 bits per heavy atom. The zero-order valence-electron chi connectivity index (χ0n) is 7.96. The van der Waals surface area contributed by atoms with Crippen LogP contribution in [0.3, 0.4) is 0 Å². The Hall–Kier alpha value is 0.570. The summed E-state index contributed by atoms with van der Waals surface area (Å²) in [5, 5.41) is 3.30. The van der Waals surface area contributed by atoms with E-state index in [2.05, 4.69) is 31.3 Å². The summed E-state index contributed by atoms with van der Waals surface area (Å²) < 4.78 is 12.8. The standard InChI is InChI=1S/C8H17IN2O2/c1-12-4-2-10-6-8-7-11(9)3-5-13-8/h8,10H,2-7H2,1H3. The normalized spacial score (nSPS) is 24.9. The second kappa shape index (κ2) is 6.94. The fraction of sp³-hybridized carbons (Fsp3) is 1.00. The third-order valence-corrected chi connectivity index (χ3v) is 2.82. The number of methoxy groups -OCH3 is 1. The minimum absolute atomic E-state index is 0.336. The van der Waals surface area contributed by atoms with Crippen LogP contribution in [0.25, 0.3) is 0 Å². The molecule has 1 N–H and O–H groups in total. The van der Waals surface area contributed by atoms with Crippen molar-refractivity contribution in [3.63, 3.8) is 0 Å². The first kappa shape index (κ1) is 11.6. The third kappa shape index (κ3) is 5.11. The molecule has 1 unspecified atom stereocenters. The fourth-order valence-electron chi connectivity index (χ4n) is 1.24. The minimum atomic E-state index is 0.336. The predicted octanol–water partition coefficient (Wildman–Crippen LogP) is 0.273. The smallest absolute Gasteiger partial charge is 0.0834 e. The highest BCUT2D eigenvalue weighted by molar-refractivity contribution is 14.1. The van der Waals surface area contributed by atoms with Gasteiger partial charge in [-0.2, -0.15) is 0 Å². The molecule has 1 rings (SSSR count). The first-order valence-corrected chi connectivity index (χ1v) is 5.51.